The van der Waals surface area contributed by atoms with Crippen LogP contribution in [0.15, 0.2) is 36.5 Å². The summed E-state index contributed by atoms with van der Waals surface area (Å²) in [5, 5.41) is 4.66. The summed E-state index contributed by atoms with van der Waals surface area (Å²) in [4.78, 5) is 9.79. The Kier molecular flexibility index (Phi) is 4.64. The van der Waals surface area contributed by atoms with Gasteiger partial charge in [0.25, 0.3) is 0 Å². The molecule has 3 aromatic rings. The zero-order valence-corrected chi connectivity index (χ0v) is 15.9. The smallest absolute Gasteiger partial charge is 0.158 e. The van der Waals surface area contributed by atoms with Crippen LogP contribution in [0.2, 0.25) is 0 Å². The molecule has 1 fully saturated rings. The molecular weight excluding hydrogens is 322 g/mol. The van der Waals surface area contributed by atoms with Crippen molar-refractivity contribution in [1.82, 2.24) is 19.5 Å². The van der Waals surface area contributed by atoms with Gasteiger partial charge in [-0.15, -0.1) is 0 Å². The molecule has 136 valence electrons. The minimum atomic E-state index is 0.966. The van der Waals surface area contributed by atoms with Crippen LogP contribution in [0.1, 0.15) is 22.5 Å². The average molecular weight is 349 g/mol. The highest BCUT2D eigenvalue weighted by molar-refractivity contribution is 5.61. The van der Waals surface area contributed by atoms with Crippen LogP contribution in [0.25, 0.3) is 5.65 Å². The molecule has 0 atom stereocenters. The summed E-state index contributed by atoms with van der Waals surface area (Å²) in [6, 6.07) is 10.6. The predicted octanol–water partition coefficient (Wildman–Crippen LogP) is 2.88. The molecule has 4 rings (SSSR count). The lowest BCUT2D eigenvalue weighted by molar-refractivity contribution is 0.312. The number of hydrogen-bond acceptors (Lipinski definition) is 4. The van der Waals surface area contributed by atoms with Crippen molar-refractivity contribution in [3.05, 3.63) is 59.0 Å². The molecule has 0 radical (unpaired) electrons. The van der Waals surface area contributed by atoms with Crippen LogP contribution in [0.3, 0.4) is 0 Å². The van der Waals surface area contributed by atoms with Crippen molar-refractivity contribution in [2.45, 2.75) is 26.7 Å². The monoisotopic (exact) mass is 349 g/mol. The molecule has 1 aromatic carbocycles. The first-order chi connectivity index (χ1) is 12.6. The van der Waals surface area contributed by atoms with Crippen molar-refractivity contribution in [2.24, 2.45) is 0 Å². The number of nitrogens with zero attached hydrogens (tertiary/aromatic N) is 5. The largest absolute Gasteiger partial charge is 0.366 e. The first-order valence-electron chi connectivity index (χ1n) is 9.44. The lowest BCUT2D eigenvalue weighted by Gasteiger charge is -2.35. The van der Waals surface area contributed by atoms with Gasteiger partial charge in [-0.1, -0.05) is 30.3 Å². The molecule has 0 spiro atoms. The molecule has 0 N–H and O–H groups in total. The van der Waals surface area contributed by atoms with Gasteiger partial charge in [0.15, 0.2) is 5.65 Å². The number of piperazine rings is 1. The van der Waals surface area contributed by atoms with Crippen LogP contribution >= 0.6 is 0 Å². The highest BCUT2D eigenvalue weighted by atomic mass is 15.3. The minimum Gasteiger partial charge on any atom is -0.366 e. The van der Waals surface area contributed by atoms with Crippen molar-refractivity contribution < 1.29 is 0 Å². The summed E-state index contributed by atoms with van der Waals surface area (Å²) in [5.41, 5.74) is 7.15. The van der Waals surface area contributed by atoms with E-state index in [1.807, 2.05) is 10.7 Å². The molecule has 0 bridgehead atoms. The number of aromatic nitrogens is 3. The van der Waals surface area contributed by atoms with Crippen molar-refractivity contribution >= 4 is 11.3 Å². The Hall–Kier alpha value is -2.40. The van der Waals surface area contributed by atoms with Crippen LogP contribution in [-0.2, 0) is 12.8 Å². The van der Waals surface area contributed by atoms with Gasteiger partial charge in [0.05, 0.1) is 23.3 Å². The second kappa shape index (κ2) is 7.08. The average Bonchev–Trinajstić information content (AvgIpc) is 3.05. The fourth-order valence-corrected chi connectivity index (χ4v) is 3.90. The van der Waals surface area contributed by atoms with Gasteiger partial charge >= 0.3 is 0 Å². The van der Waals surface area contributed by atoms with Crippen LogP contribution in [-0.4, -0.2) is 52.7 Å². The molecular formula is C21H27N5. The summed E-state index contributed by atoms with van der Waals surface area (Å²) < 4.78 is 2.03. The number of anilines is 1. The Morgan fingerprint density at radius 1 is 0.962 bits per heavy atom. The Labute approximate surface area is 155 Å². The standard InChI is InChI=1S/C21H27N5/c1-16-20(25-13-11-24(3)12-14-25)17(2)26-21(23-16)19(15-22-26)10-9-18-7-5-4-6-8-18/h4-8,15H,9-14H2,1-3H3. The first kappa shape index (κ1) is 17.0. The van der Waals surface area contributed by atoms with E-state index < -0.39 is 0 Å². The van der Waals surface area contributed by atoms with Crippen LogP contribution in [0.4, 0.5) is 5.69 Å². The maximum absolute atomic E-state index is 4.95. The van der Waals surface area contributed by atoms with Crippen LogP contribution < -0.4 is 4.90 Å². The number of aryl methyl sites for hydroxylation is 4. The van der Waals surface area contributed by atoms with E-state index in [9.17, 15) is 0 Å². The van der Waals surface area contributed by atoms with Crippen molar-refractivity contribution in [3.63, 3.8) is 0 Å². The predicted molar refractivity (Wildman–Crippen MR) is 106 cm³/mol. The number of rotatable bonds is 4. The molecule has 26 heavy (non-hydrogen) atoms. The molecule has 0 aliphatic carbocycles. The van der Waals surface area contributed by atoms with Gasteiger partial charge in [0, 0.05) is 31.7 Å². The van der Waals surface area contributed by atoms with Gasteiger partial charge in [-0.3, -0.25) is 0 Å². The molecule has 0 amide bonds. The number of likely N-dealkylation sites (N-methyl/N-ethyl adjacent to an activating group) is 1. The van der Waals surface area contributed by atoms with Crippen molar-refractivity contribution in [3.8, 4) is 0 Å². The van der Waals surface area contributed by atoms with Crippen molar-refractivity contribution in [1.29, 1.82) is 0 Å². The maximum atomic E-state index is 4.95. The molecule has 2 aromatic heterocycles. The maximum Gasteiger partial charge on any atom is 0.158 e. The summed E-state index contributed by atoms with van der Waals surface area (Å²) in [7, 11) is 2.19. The molecule has 1 aliphatic heterocycles. The number of fused-ring (bicyclic) bond motifs is 1. The Balaban J connectivity index is 1.62. The molecule has 1 saturated heterocycles. The zero-order chi connectivity index (χ0) is 18.1. The molecule has 1 aliphatic rings. The summed E-state index contributed by atoms with van der Waals surface area (Å²) in [6.45, 7) is 8.59. The third-order valence-corrected chi connectivity index (χ3v) is 5.44. The van der Waals surface area contributed by atoms with Crippen LogP contribution in [0, 0.1) is 13.8 Å². The quantitative estimate of drug-likeness (QED) is 0.726. The minimum absolute atomic E-state index is 0.966. The van der Waals surface area contributed by atoms with Gasteiger partial charge < -0.3 is 9.80 Å². The van der Waals surface area contributed by atoms with Gasteiger partial charge in [0.1, 0.15) is 0 Å². The highest BCUT2D eigenvalue weighted by Crippen LogP contribution is 2.26. The second-order valence-electron chi connectivity index (χ2n) is 7.31. The van der Waals surface area contributed by atoms with E-state index in [2.05, 4.69) is 66.1 Å². The normalized spacial score (nSPS) is 15.7. The SMILES string of the molecule is Cc1nc2c(CCc3ccccc3)cnn2c(C)c1N1CCN(C)CC1. The zero-order valence-electron chi connectivity index (χ0n) is 15.9. The van der Waals surface area contributed by atoms with E-state index in [-0.39, 0.29) is 0 Å². The first-order valence-corrected chi connectivity index (χ1v) is 9.44. The van der Waals surface area contributed by atoms with Crippen LogP contribution in [0.5, 0.6) is 0 Å². The Bertz CT molecular complexity index is 892. The highest BCUT2D eigenvalue weighted by Gasteiger charge is 2.21. The van der Waals surface area contributed by atoms with Gasteiger partial charge in [0.2, 0.25) is 0 Å². The molecule has 5 heteroatoms. The van der Waals surface area contributed by atoms with Gasteiger partial charge in [-0.05, 0) is 39.3 Å². The van der Waals surface area contributed by atoms with E-state index in [0.29, 0.717) is 0 Å². The summed E-state index contributed by atoms with van der Waals surface area (Å²) in [6.07, 6.45) is 3.97. The lowest BCUT2D eigenvalue weighted by Crippen LogP contribution is -2.45. The van der Waals surface area contributed by atoms with Gasteiger partial charge in [-0.25, -0.2) is 9.50 Å². The third kappa shape index (κ3) is 3.19. The fourth-order valence-electron chi connectivity index (χ4n) is 3.90. The fraction of sp³-hybridized carbons (Fsp3) is 0.429. The third-order valence-electron chi connectivity index (χ3n) is 5.44. The Morgan fingerprint density at radius 3 is 2.42 bits per heavy atom. The summed E-state index contributed by atoms with van der Waals surface area (Å²) in [5.74, 6) is 0. The number of hydrogen-bond donors (Lipinski definition) is 0. The molecule has 3 heterocycles. The van der Waals surface area contributed by atoms with Crippen molar-refractivity contribution in [2.75, 3.05) is 38.1 Å². The van der Waals surface area contributed by atoms with E-state index in [1.165, 1.54) is 22.5 Å². The van der Waals surface area contributed by atoms with E-state index in [4.69, 9.17) is 4.98 Å². The number of benzene rings is 1. The topological polar surface area (TPSA) is 36.7 Å². The van der Waals surface area contributed by atoms with E-state index in [1.54, 1.807) is 0 Å². The second-order valence-corrected chi connectivity index (χ2v) is 7.31. The molecule has 0 saturated carbocycles. The van der Waals surface area contributed by atoms with E-state index >= 15 is 0 Å². The molecule has 0 unspecified atom stereocenters. The lowest BCUT2D eigenvalue weighted by atomic mass is 10.1. The van der Waals surface area contributed by atoms with Gasteiger partial charge in [-0.2, -0.15) is 5.10 Å². The Morgan fingerprint density at radius 2 is 1.69 bits per heavy atom. The van der Waals surface area contributed by atoms with E-state index in [0.717, 1.165) is 50.4 Å². The molecule has 5 nitrogen and oxygen atoms in total. The summed E-state index contributed by atoms with van der Waals surface area (Å²) >= 11 is 0.